The molecule has 2 unspecified atom stereocenters. The topological polar surface area (TPSA) is 108 Å². The lowest BCUT2D eigenvalue weighted by Crippen LogP contribution is -2.60. The number of hydrogen-bond acceptors (Lipinski definition) is 5. The minimum Gasteiger partial charge on any atom is -0.508 e. The second-order valence-corrected chi connectivity index (χ2v) is 13.0. The predicted molar refractivity (Wildman–Crippen MR) is 153 cm³/mol. The second kappa shape index (κ2) is 12.1. The van der Waals surface area contributed by atoms with Crippen molar-refractivity contribution >= 4 is 17.9 Å². The number of aromatic hydroxyl groups is 1. The van der Waals surface area contributed by atoms with Gasteiger partial charge in [0.25, 0.3) is 0 Å². The number of ether oxygens (including phenoxy) is 1. The summed E-state index contributed by atoms with van der Waals surface area (Å²) in [7, 11) is 0. The Morgan fingerprint density at radius 2 is 1.51 bits per heavy atom. The quantitative estimate of drug-likeness (QED) is 0.436. The molecule has 0 aliphatic heterocycles. The highest BCUT2D eigenvalue weighted by Crippen LogP contribution is 2.31. The molecule has 2 aromatic rings. The molecule has 0 bridgehead atoms. The van der Waals surface area contributed by atoms with Crippen LogP contribution in [-0.2, 0) is 20.7 Å². The summed E-state index contributed by atoms with van der Waals surface area (Å²) in [6, 6.07) is 12.0. The van der Waals surface area contributed by atoms with E-state index in [2.05, 4.69) is 10.6 Å². The van der Waals surface area contributed by atoms with Crippen LogP contribution >= 0.6 is 0 Å². The molecular formula is C31H45N3O5. The maximum Gasteiger partial charge on any atom is 0.408 e. The first-order chi connectivity index (χ1) is 17.8. The molecule has 2 aromatic carbocycles. The molecule has 0 radical (unpaired) electrons. The fourth-order valence-electron chi connectivity index (χ4n) is 4.23. The number of alkyl carbamates (subject to hydrolysis) is 1. The van der Waals surface area contributed by atoms with E-state index in [-0.39, 0.29) is 18.1 Å². The average Bonchev–Trinajstić information content (AvgIpc) is 2.74. The third-order valence-corrected chi connectivity index (χ3v) is 5.69. The highest BCUT2D eigenvalue weighted by atomic mass is 16.6. The van der Waals surface area contributed by atoms with Gasteiger partial charge < -0.3 is 25.4 Å². The maximum absolute atomic E-state index is 14.5. The van der Waals surface area contributed by atoms with Gasteiger partial charge in [-0.1, -0.05) is 42.0 Å². The number of aryl methyl sites for hydroxylation is 1. The van der Waals surface area contributed by atoms with E-state index in [0.717, 1.165) is 11.1 Å². The molecule has 0 saturated heterocycles. The van der Waals surface area contributed by atoms with Crippen molar-refractivity contribution in [2.75, 3.05) is 0 Å². The number of benzene rings is 2. The van der Waals surface area contributed by atoms with Crippen LogP contribution in [0.25, 0.3) is 0 Å². The molecule has 0 aliphatic carbocycles. The zero-order valence-corrected chi connectivity index (χ0v) is 25.0. The largest absolute Gasteiger partial charge is 0.508 e. The van der Waals surface area contributed by atoms with Crippen molar-refractivity contribution < 1.29 is 24.2 Å². The molecular weight excluding hydrogens is 494 g/mol. The van der Waals surface area contributed by atoms with Crippen molar-refractivity contribution in [3.8, 4) is 5.75 Å². The van der Waals surface area contributed by atoms with Crippen molar-refractivity contribution in [3.63, 3.8) is 0 Å². The summed E-state index contributed by atoms with van der Waals surface area (Å²) in [6.07, 6.45) is -0.605. The Balaban J connectivity index is 2.64. The minimum absolute atomic E-state index is 0.0939. The number of nitrogens with one attached hydrogen (secondary N) is 2. The number of hydrogen-bond donors (Lipinski definition) is 3. The molecule has 8 nitrogen and oxygen atoms in total. The van der Waals surface area contributed by atoms with Crippen LogP contribution in [0.4, 0.5) is 4.79 Å². The van der Waals surface area contributed by atoms with Gasteiger partial charge in [-0.15, -0.1) is 0 Å². The van der Waals surface area contributed by atoms with Crippen LogP contribution in [0.1, 0.15) is 85.0 Å². The van der Waals surface area contributed by atoms with E-state index in [1.807, 2.05) is 72.7 Å². The van der Waals surface area contributed by atoms with Crippen LogP contribution < -0.4 is 10.6 Å². The van der Waals surface area contributed by atoms with E-state index in [0.29, 0.717) is 5.56 Å². The van der Waals surface area contributed by atoms with Crippen LogP contribution in [0.5, 0.6) is 5.75 Å². The minimum atomic E-state index is -1.04. The van der Waals surface area contributed by atoms with Crippen LogP contribution in [0.2, 0.25) is 0 Å². The molecule has 0 heterocycles. The Kier molecular flexibility index (Phi) is 9.82. The number of nitrogens with zero attached hydrogens (tertiary/aromatic N) is 1. The number of carbonyl (C=O) groups excluding carboxylic acids is 3. The van der Waals surface area contributed by atoms with Gasteiger partial charge in [-0.25, -0.2) is 4.79 Å². The van der Waals surface area contributed by atoms with Gasteiger partial charge in [0.15, 0.2) is 0 Å². The van der Waals surface area contributed by atoms with Crippen LogP contribution in [0, 0.1) is 6.92 Å². The molecule has 0 saturated carbocycles. The molecule has 3 N–H and O–H groups in total. The maximum atomic E-state index is 14.5. The lowest BCUT2D eigenvalue weighted by molar-refractivity contribution is -0.149. The molecule has 214 valence electrons. The summed E-state index contributed by atoms with van der Waals surface area (Å²) in [5, 5.41) is 15.5. The Hall–Kier alpha value is -3.55. The highest BCUT2D eigenvalue weighted by molar-refractivity contribution is 5.93. The second-order valence-electron chi connectivity index (χ2n) is 13.0. The predicted octanol–water partition coefficient (Wildman–Crippen LogP) is 5.42. The van der Waals surface area contributed by atoms with Crippen molar-refractivity contribution in [1.82, 2.24) is 15.5 Å². The zero-order chi connectivity index (χ0) is 29.8. The third-order valence-electron chi connectivity index (χ3n) is 5.69. The summed E-state index contributed by atoms with van der Waals surface area (Å²) < 4.78 is 5.47. The molecule has 3 amide bonds. The summed E-state index contributed by atoms with van der Waals surface area (Å²) >= 11 is 0. The van der Waals surface area contributed by atoms with Crippen LogP contribution in [0.15, 0.2) is 48.5 Å². The fraction of sp³-hybridized carbons (Fsp3) is 0.516. The first-order valence-corrected chi connectivity index (χ1v) is 13.3. The Morgan fingerprint density at radius 1 is 0.923 bits per heavy atom. The number of phenols is 1. The molecule has 0 spiro atoms. The monoisotopic (exact) mass is 539 g/mol. The first-order valence-electron chi connectivity index (χ1n) is 13.3. The normalized spacial score (nSPS) is 13.7. The molecule has 0 aliphatic rings. The third kappa shape index (κ3) is 9.93. The van der Waals surface area contributed by atoms with Gasteiger partial charge in [0, 0.05) is 17.5 Å². The summed E-state index contributed by atoms with van der Waals surface area (Å²) in [6.45, 7) is 18.4. The number of carbonyl (C=O) groups is 3. The van der Waals surface area contributed by atoms with Gasteiger partial charge in [0.05, 0.1) is 0 Å². The van der Waals surface area contributed by atoms with Crippen molar-refractivity contribution in [2.24, 2.45) is 0 Å². The number of rotatable bonds is 7. The smallest absolute Gasteiger partial charge is 0.408 e. The summed E-state index contributed by atoms with van der Waals surface area (Å²) in [5.41, 5.74) is 0.240. The molecule has 8 heteroatoms. The first kappa shape index (κ1) is 31.7. The van der Waals surface area contributed by atoms with Gasteiger partial charge >= 0.3 is 6.09 Å². The van der Waals surface area contributed by atoms with Gasteiger partial charge in [-0.3, -0.25) is 9.59 Å². The van der Waals surface area contributed by atoms with Crippen molar-refractivity contribution in [2.45, 2.75) is 104 Å². The van der Waals surface area contributed by atoms with E-state index in [1.54, 1.807) is 37.8 Å². The Morgan fingerprint density at radius 3 is 2.00 bits per heavy atom. The molecule has 0 fully saturated rings. The average molecular weight is 540 g/mol. The van der Waals surface area contributed by atoms with E-state index in [9.17, 15) is 19.5 Å². The fourth-order valence-corrected chi connectivity index (χ4v) is 4.23. The van der Waals surface area contributed by atoms with Gasteiger partial charge in [0.1, 0.15) is 23.4 Å². The van der Waals surface area contributed by atoms with E-state index < -0.39 is 40.8 Å². The van der Waals surface area contributed by atoms with E-state index >= 15 is 0 Å². The van der Waals surface area contributed by atoms with Crippen LogP contribution in [-0.4, -0.2) is 50.6 Å². The van der Waals surface area contributed by atoms with Gasteiger partial charge in [-0.05, 0) is 92.5 Å². The molecule has 39 heavy (non-hydrogen) atoms. The Labute approximate surface area is 233 Å². The number of amides is 3. The standard InChI is InChI=1S/C31H45N3O5/c1-20-12-11-13-22(18-20)25(26(36)33-29(2,3)4)34(30(5,6)7)27(37)24(32-28(38)39-31(8,9)10)19-21-14-16-23(35)17-15-21/h11-18,24-25,35H,19H2,1-10H3,(H,32,38)(H,33,36). The van der Waals surface area contributed by atoms with Gasteiger partial charge in [0.2, 0.25) is 11.8 Å². The zero-order valence-electron chi connectivity index (χ0n) is 25.0. The van der Waals surface area contributed by atoms with Crippen LogP contribution in [0.3, 0.4) is 0 Å². The summed E-state index contributed by atoms with van der Waals surface area (Å²) in [4.78, 5) is 42.7. The van der Waals surface area contributed by atoms with Crippen molar-refractivity contribution in [3.05, 3.63) is 65.2 Å². The highest BCUT2D eigenvalue weighted by Gasteiger charge is 2.42. The molecule has 2 rings (SSSR count). The lowest BCUT2D eigenvalue weighted by atomic mass is 9.93. The molecule has 2 atom stereocenters. The molecule has 0 aromatic heterocycles. The van der Waals surface area contributed by atoms with E-state index in [1.165, 1.54) is 12.1 Å². The Bertz CT molecular complexity index is 1150. The van der Waals surface area contributed by atoms with Crippen molar-refractivity contribution in [1.29, 1.82) is 0 Å². The number of phenolic OH excluding ortho intramolecular Hbond substituents is 1. The SMILES string of the molecule is Cc1cccc(C(C(=O)NC(C)(C)C)N(C(=O)C(Cc2ccc(O)cc2)NC(=O)OC(C)(C)C)C(C)(C)C)c1. The lowest BCUT2D eigenvalue weighted by Gasteiger charge is -2.43. The summed E-state index contributed by atoms with van der Waals surface area (Å²) in [5.74, 6) is -0.662. The van der Waals surface area contributed by atoms with Gasteiger partial charge in [-0.2, -0.15) is 0 Å². The van der Waals surface area contributed by atoms with E-state index in [4.69, 9.17) is 4.74 Å².